The lowest BCUT2D eigenvalue weighted by Gasteiger charge is -2.24. The van der Waals surface area contributed by atoms with Crippen molar-refractivity contribution < 1.29 is 5.21 Å². The van der Waals surface area contributed by atoms with Crippen LogP contribution in [0.15, 0.2) is 5.16 Å². The van der Waals surface area contributed by atoms with Gasteiger partial charge in [-0.15, -0.1) is 5.10 Å². The Kier molecular flexibility index (Phi) is 4.39. The number of nitrogens with zero attached hydrogens (tertiary/aromatic N) is 5. The molecule has 0 bridgehead atoms. The van der Waals surface area contributed by atoms with Crippen LogP contribution < -0.4 is 10.6 Å². The first-order chi connectivity index (χ1) is 9.54. The van der Waals surface area contributed by atoms with Crippen molar-refractivity contribution >= 4 is 11.7 Å². The second kappa shape index (κ2) is 6.04. The van der Waals surface area contributed by atoms with Gasteiger partial charge in [-0.2, -0.15) is 5.10 Å². The maximum absolute atomic E-state index is 9.01. The molecule has 2 heterocycles. The predicted molar refractivity (Wildman–Crippen MR) is 78.3 cm³/mol. The molecule has 2 rings (SSSR count). The van der Waals surface area contributed by atoms with Crippen LogP contribution in [-0.4, -0.2) is 59.4 Å². The van der Waals surface area contributed by atoms with E-state index in [0.29, 0.717) is 11.4 Å². The number of rotatable bonds is 2. The third-order valence-electron chi connectivity index (χ3n) is 3.82. The van der Waals surface area contributed by atoms with Crippen LogP contribution in [0.4, 0.5) is 5.82 Å². The number of anilines is 1. The molecule has 1 aliphatic rings. The van der Waals surface area contributed by atoms with E-state index in [1.54, 1.807) is 0 Å². The molecule has 1 aromatic rings. The van der Waals surface area contributed by atoms with Crippen LogP contribution in [0.3, 0.4) is 0 Å². The second-order valence-electron chi connectivity index (χ2n) is 5.24. The minimum atomic E-state index is 0.0908. The summed E-state index contributed by atoms with van der Waals surface area (Å²) in [5.41, 5.74) is 8.22. The summed E-state index contributed by atoms with van der Waals surface area (Å²) in [6.07, 6.45) is 1.06. The van der Waals surface area contributed by atoms with E-state index in [0.717, 1.165) is 43.9 Å². The Bertz CT molecular complexity index is 516. The first-order valence-corrected chi connectivity index (χ1v) is 6.80. The van der Waals surface area contributed by atoms with Gasteiger partial charge in [-0.1, -0.05) is 5.16 Å². The summed E-state index contributed by atoms with van der Waals surface area (Å²) in [5, 5.41) is 20.6. The lowest BCUT2D eigenvalue weighted by atomic mass is 10.1. The molecule has 0 saturated carbocycles. The molecular weight excluding hydrogens is 256 g/mol. The smallest absolute Gasteiger partial charge is 0.174 e. The highest BCUT2D eigenvalue weighted by atomic mass is 16.4. The number of hydrogen-bond donors (Lipinski definition) is 2. The number of aromatic nitrogens is 2. The summed E-state index contributed by atoms with van der Waals surface area (Å²) in [6.45, 7) is 7.58. The highest BCUT2D eigenvalue weighted by Crippen LogP contribution is 2.23. The highest BCUT2D eigenvalue weighted by molar-refractivity contribution is 6.02. The topological polar surface area (TPSA) is 90.9 Å². The lowest BCUT2D eigenvalue weighted by Crippen LogP contribution is -2.32. The molecule has 0 radical (unpaired) electrons. The quantitative estimate of drug-likeness (QED) is 0.351. The average Bonchev–Trinajstić information content (AvgIpc) is 2.65. The van der Waals surface area contributed by atoms with Crippen LogP contribution in [0, 0.1) is 13.8 Å². The van der Waals surface area contributed by atoms with E-state index in [2.05, 4.69) is 32.2 Å². The molecule has 0 amide bonds. The van der Waals surface area contributed by atoms with Gasteiger partial charge in [0, 0.05) is 19.6 Å². The average molecular weight is 278 g/mol. The van der Waals surface area contributed by atoms with Gasteiger partial charge in [0.15, 0.2) is 11.7 Å². The zero-order valence-electron chi connectivity index (χ0n) is 12.3. The molecule has 0 aliphatic carbocycles. The van der Waals surface area contributed by atoms with Gasteiger partial charge in [0.05, 0.1) is 11.3 Å². The summed E-state index contributed by atoms with van der Waals surface area (Å²) >= 11 is 0. The van der Waals surface area contributed by atoms with Gasteiger partial charge in [-0.05, 0) is 39.4 Å². The molecule has 0 aromatic carbocycles. The molecule has 3 N–H and O–H groups in total. The Morgan fingerprint density at radius 3 is 2.65 bits per heavy atom. The number of oxime groups is 1. The van der Waals surface area contributed by atoms with E-state index in [9.17, 15) is 0 Å². The van der Waals surface area contributed by atoms with Crippen molar-refractivity contribution in [2.24, 2.45) is 10.9 Å². The molecule has 7 heteroatoms. The normalized spacial score (nSPS) is 18.1. The highest BCUT2D eigenvalue weighted by Gasteiger charge is 2.22. The molecule has 1 aliphatic heterocycles. The van der Waals surface area contributed by atoms with Crippen LogP contribution >= 0.6 is 0 Å². The van der Waals surface area contributed by atoms with Crippen molar-refractivity contribution in [2.75, 3.05) is 38.1 Å². The third kappa shape index (κ3) is 2.82. The van der Waals surface area contributed by atoms with Crippen molar-refractivity contribution in [1.29, 1.82) is 0 Å². The Balaban J connectivity index is 2.43. The third-order valence-corrected chi connectivity index (χ3v) is 3.82. The molecule has 1 fully saturated rings. The van der Waals surface area contributed by atoms with E-state index in [-0.39, 0.29) is 5.84 Å². The molecule has 20 heavy (non-hydrogen) atoms. The van der Waals surface area contributed by atoms with Gasteiger partial charge in [-0.25, -0.2) is 0 Å². The summed E-state index contributed by atoms with van der Waals surface area (Å²) < 4.78 is 0. The molecule has 1 aromatic heterocycles. The van der Waals surface area contributed by atoms with E-state index in [1.165, 1.54) is 0 Å². The van der Waals surface area contributed by atoms with Gasteiger partial charge in [0.1, 0.15) is 0 Å². The van der Waals surface area contributed by atoms with Gasteiger partial charge < -0.3 is 20.7 Å². The maximum atomic E-state index is 9.01. The zero-order valence-corrected chi connectivity index (χ0v) is 12.3. The van der Waals surface area contributed by atoms with Gasteiger partial charge in [0.25, 0.3) is 0 Å². The van der Waals surface area contributed by atoms with Crippen LogP contribution in [0.1, 0.15) is 23.2 Å². The SMILES string of the molecule is Cc1nnc(N2CCCN(C)CC2)c(/C(N)=N/O)c1C. The van der Waals surface area contributed by atoms with Crippen molar-refractivity contribution in [3.8, 4) is 0 Å². The Labute approximate surface area is 119 Å². The molecule has 1 saturated heterocycles. The van der Waals surface area contributed by atoms with Crippen molar-refractivity contribution in [2.45, 2.75) is 20.3 Å². The molecule has 0 unspecified atom stereocenters. The molecule has 7 nitrogen and oxygen atoms in total. The van der Waals surface area contributed by atoms with Crippen LogP contribution in [0.25, 0.3) is 0 Å². The number of aryl methyl sites for hydroxylation is 1. The molecule has 110 valence electrons. The molecular formula is C13H22N6O. The number of likely N-dealkylation sites (N-methyl/N-ethyl adjacent to an activating group) is 1. The minimum absolute atomic E-state index is 0.0908. The maximum Gasteiger partial charge on any atom is 0.174 e. The lowest BCUT2D eigenvalue weighted by molar-refractivity contribution is 0.318. The fourth-order valence-electron chi connectivity index (χ4n) is 2.43. The summed E-state index contributed by atoms with van der Waals surface area (Å²) in [4.78, 5) is 4.45. The van der Waals surface area contributed by atoms with Crippen LogP contribution in [-0.2, 0) is 0 Å². The monoisotopic (exact) mass is 278 g/mol. The number of nitrogens with two attached hydrogens (primary N) is 1. The fourth-order valence-corrected chi connectivity index (χ4v) is 2.43. The fraction of sp³-hybridized carbons (Fsp3) is 0.615. The predicted octanol–water partition coefficient (Wildman–Crippen LogP) is 0.330. The molecule has 0 spiro atoms. The standard InChI is InChI=1S/C13H22N6O/c1-9-10(2)15-16-13(11(9)12(14)17-20)19-6-4-5-18(3)7-8-19/h20H,4-8H2,1-3H3,(H2,14,17). The summed E-state index contributed by atoms with van der Waals surface area (Å²) in [6, 6.07) is 0. The van der Waals surface area contributed by atoms with Gasteiger partial charge in [0.2, 0.25) is 0 Å². The summed E-state index contributed by atoms with van der Waals surface area (Å²) in [5.74, 6) is 0.798. The van der Waals surface area contributed by atoms with E-state index in [1.807, 2.05) is 13.8 Å². The number of amidine groups is 1. The van der Waals surface area contributed by atoms with E-state index >= 15 is 0 Å². The zero-order chi connectivity index (χ0) is 14.7. The number of hydrogen-bond acceptors (Lipinski definition) is 6. The van der Waals surface area contributed by atoms with Crippen molar-refractivity contribution in [3.63, 3.8) is 0 Å². The minimum Gasteiger partial charge on any atom is -0.409 e. The van der Waals surface area contributed by atoms with E-state index < -0.39 is 0 Å². The Hall–Kier alpha value is -1.89. The summed E-state index contributed by atoms with van der Waals surface area (Å²) in [7, 11) is 2.11. The van der Waals surface area contributed by atoms with Gasteiger partial charge in [-0.3, -0.25) is 0 Å². The Morgan fingerprint density at radius 1 is 1.20 bits per heavy atom. The van der Waals surface area contributed by atoms with Crippen LogP contribution in [0.5, 0.6) is 0 Å². The largest absolute Gasteiger partial charge is 0.409 e. The van der Waals surface area contributed by atoms with Crippen molar-refractivity contribution in [1.82, 2.24) is 15.1 Å². The first kappa shape index (κ1) is 14.5. The van der Waals surface area contributed by atoms with Gasteiger partial charge >= 0.3 is 0 Å². The van der Waals surface area contributed by atoms with Crippen molar-refractivity contribution in [3.05, 3.63) is 16.8 Å². The Morgan fingerprint density at radius 2 is 1.95 bits per heavy atom. The first-order valence-electron chi connectivity index (χ1n) is 6.80. The second-order valence-corrected chi connectivity index (χ2v) is 5.24. The molecule has 0 atom stereocenters. The van der Waals surface area contributed by atoms with E-state index in [4.69, 9.17) is 10.9 Å². The van der Waals surface area contributed by atoms with Crippen LogP contribution in [0.2, 0.25) is 0 Å².